The maximum absolute atomic E-state index is 13.6. The highest BCUT2D eigenvalue weighted by molar-refractivity contribution is 9.10. The lowest BCUT2D eigenvalue weighted by atomic mass is 10.3. The summed E-state index contributed by atoms with van der Waals surface area (Å²) in [6.45, 7) is 1.63. The molecule has 0 aliphatic carbocycles. The first-order chi connectivity index (χ1) is 8.93. The van der Waals surface area contributed by atoms with Gasteiger partial charge in [-0.15, -0.1) is 0 Å². The van der Waals surface area contributed by atoms with Gasteiger partial charge in [0.2, 0.25) is 11.7 Å². The molecule has 0 aliphatic rings. The molecule has 0 bridgehead atoms. The fourth-order valence-corrected chi connectivity index (χ4v) is 2.00. The van der Waals surface area contributed by atoms with Gasteiger partial charge in [0.1, 0.15) is 11.6 Å². The van der Waals surface area contributed by atoms with E-state index in [0.717, 1.165) is 6.07 Å². The highest BCUT2D eigenvalue weighted by Crippen LogP contribution is 2.31. The number of hydrogen-bond acceptors (Lipinski definition) is 3. The Kier molecular flexibility index (Phi) is 3.53. The monoisotopic (exact) mass is 327 g/mol. The van der Waals surface area contributed by atoms with Crippen LogP contribution in [0.1, 0.15) is 11.3 Å². The van der Waals surface area contributed by atoms with E-state index in [1.807, 2.05) is 6.07 Å². The Morgan fingerprint density at radius 2 is 2.11 bits per heavy atom. The Morgan fingerprint density at radius 1 is 1.42 bits per heavy atom. The van der Waals surface area contributed by atoms with Gasteiger partial charge in [-0.05, 0) is 19.1 Å². The van der Waals surface area contributed by atoms with Crippen LogP contribution in [0.2, 0.25) is 0 Å². The third-order valence-corrected chi connectivity index (χ3v) is 2.91. The van der Waals surface area contributed by atoms with E-state index in [1.54, 1.807) is 14.0 Å². The van der Waals surface area contributed by atoms with E-state index in [9.17, 15) is 8.78 Å². The average molecular weight is 328 g/mol. The third-order valence-electron chi connectivity index (χ3n) is 2.45. The number of halogens is 3. The molecular weight excluding hydrogens is 320 g/mol. The molecular formula is C12H8BrF2N3O. The smallest absolute Gasteiger partial charge is 0.236 e. The molecule has 0 saturated carbocycles. The van der Waals surface area contributed by atoms with Crippen molar-refractivity contribution in [1.29, 1.82) is 5.26 Å². The zero-order chi connectivity index (χ0) is 14.2. The highest BCUT2D eigenvalue weighted by Gasteiger charge is 2.19. The number of nitrogens with zero attached hydrogens (tertiary/aromatic N) is 3. The number of nitriles is 1. The average Bonchev–Trinajstić information content (AvgIpc) is 2.60. The molecule has 2 aromatic rings. The standard InChI is InChI=1S/C12H8BrF2N3O/c1-6-8(5-16)12(18(2)17-6)19-10-4-7(13)3-9(14)11(10)15/h3-4H,1-2H3. The zero-order valence-corrected chi connectivity index (χ0v) is 11.6. The maximum atomic E-state index is 13.6. The summed E-state index contributed by atoms with van der Waals surface area (Å²) in [7, 11) is 1.55. The van der Waals surface area contributed by atoms with Crippen LogP contribution >= 0.6 is 15.9 Å². The Labute approximate surface area is 116 Å². The Morgan fingerprint density at radius 3 is 2.74 bits per heavy atom. The summed E-state index contributed by atoms with van der Waals surface area (Å²) >= 11 is 3.05. The number of ether oxygens (including phenoxy) is 1. The maximum Gasteiger partial charge on any atom is 0.236 e. The fourth-order valence-electron chi connectivity index (χ4n) is 1.59. The number of hydrogen-bond donors (Lipinski definition) is 0. The van der Waals surface area contributed by atoms with Crippen LogP contribution in [0.5, 0.6) is 11.6 Å². The topological polar surface area (TPSA) is 50.8 Å². The van der Waals surface area contributed by atoms with Gasteiger partial charge < -0.3 is 4.74 Å². The van der Waals surface area contributed by atoms with E-state index in [1.165, 1.54) is 10.7 Å². The SMILES string of the molecule is Cc1nn(C)c(Oc2cc(Br)cc(F)c2F)c1C#N. The third kappa shape index (κ3) is 2.44. The van der Waals surface area contributed by atoms with E-state index in [0.29, 0.717) is 10.2 Å². The van der Waals surface area contributed by atoms with Gasteiger partial charge in [0.05, 0.1) is 5.69 Å². The van der Waals surface area contributed by atoms with Gasteiger partial charge in [-0.2, -0.15) is 14.8 Å². The lowest BCUT2D eigenvalue weighted by Gasteiger charge is -2.08. The minimum Gasteiger partial charge on any atom is -0.435 e. The first-order valence-corrected chi connectivity index (χ1v) is 5.99. The van der Waals surface area contributed by atoms with Gasteiger partial charge in [0.25, 0.3) is 0 Å². The van der Waals surface area contributed by atoms with Crippen molar-refractivity contribution in [1.82, 2.24) is 9.78 Å². The minimum absolute atomic E-state index is 0.0661. The summed E-state index contributed by atoms with van der Waals surface area (Å²) < 4.78 is 33.8. The summed E-state index contributed by atoms with van der Waals surface area (Å²) in [5.74, 6) is -2.41. The zero-order valence-electron chi connectivity index (χ0n) is 10.0. The number of benzene rings is 1. The van der Waals surface area contributed by atoms with Crippen molar-refractivity contribution in [2.75, 3.05) is 0 Å². The summed E-state index contributed by atoms with van der Waals surface area (Å²) in [5, 5.41) is 13.0. The Bertz CT molecular complexity index is 691. The fraction of sp³-hybridized carbons (Fsp3) is 0.167. The first kappa shape index (κ1) is 13.5. The van der Waals surface area contributed by atoms with Crippen LogP contribution in [0.4, 0.5) is 8.78 Å². The van der Waals surface area contributed by atoms with Crippen LogP contribution in [-0.2, 0) is 7.05 Å². The van der Waals surface area contributed by atoms with E-state index in [-0.39, 0.29) is 17.2 Å². The van der Waals surface area contributed by atoms with Crippen LogP contribution in [0.3, 0.4) is 0 Å². The van der Waals surface area contributed by atoms with Gasteiger partial charge in [0.15, 0.2) is 11.6 Å². The van der Waals surface area contributed by atoms with Crippen LogP contribution in [-0.4, -0.2) is 9.78 Å². The predicted molar refractivity (Wildman–Crippen MR) is 66.8 cm³/mol. The lowest BCUT2D eigenvalue weighted by Crippen LogP contribution is -1.99. The van der Waals surface area contributed by atoms with Crippen molar-refractivity contribution in [3.63, 3.8) is 0 Å². The molecule has 2 rings (SSSR count). The molecule has 1 heterocycles. The second kappa shape index (κ2) is 4.97. The lowest BCUT2D eigenvalue weighted by molar-refractivity contribution is 0.386. The van der Waals surface area contributed by atoms with Gasteiger partial charge in [0, 0.05) is 11.5 Å². The second-order valence-corrected chi connectivity index (χ2v) is 4.72. The predicted octanol–water partition coefficient (Wildman–Crippen LogP) is 3.43. The van der Waals surface area contributed by atoms with Crippen LogP contribution in [0.15, 0.2) is 16.6 Å². The number of rotatable bonds is 2. The molecule has 0 saturated heterocycles. The number of aromatic nitrogens is 2. The Balaban J connectivity index is 2.51. The van der Waals surface area contributed by atoms with Crippen molar-refractivity contribution >= 4 is 15.9 Å². The van der Waals surface area contributed by atoms with Gasteiger partial charge in [-0.1, -0.05) is 15.9 Å². The van der Waals surface area contributed by atoms with Crippen molar-refractivity contribution in [3.05, 3.63) is 39.5 Å². The molecule has 0 atom stereocenters. The van der Waals surface area contributed by atoms with E-state index in [4.69, 9.17) is 10.00 Å². The van der Waals surface area contributed by atoms with Gasteiger partial charge in [-0.25, -0.2) is 9.07 Å². The van der Waals surface area contributed by atoms with Crippen molar-refractivity contribution in [2.45, 2.75) is 6.92 Å². The summed E-state index contributed by atoms with van der Waals surface area (Å²) in [4.78, 5) is 0. The van der Waals surface area contributed by atoms with Crippen LogP contribution in [0, 0.1) is 29.9 Å². The molecule has 4 nitrogen and oxygen atoms in total. The summed E-state index contributed by atoms with van der Waals surface area (Å²) in [5.41, 5.74) is 0.637. The number of aryl methyl sites for hydroxylation is 2. The van der Waals surface area contributed by atoms with E-state index >= 15 is 0 Å². The molecule has 0 radical (unpaired) electrons. The van der Waals surface area contributed by atoms with Gasteiger partial charge >= 0.3 is 0 Å². The van der Waals surface area contributed by atoms with E-state index in [2.05, 4.69) is 21.0 Å². The quantitative estimate of drug-likeness (QED) is 0.794. The molecule has 0 amide bonds. The largest absolute Gasteiger partial charge is 0.435 e. The first-order valence-electron chi connectivity index (χ1n) is 5.20. The molecule has 19 heavy (non-hydrogen) atoms. The molecule has 98 valence electrons. The minimum atomic E-state index is -1.12. The second-order valence-electron chi connectivity index (χ2n) is 3.80. The molecule has 7 heteroatoms. The summed E-state index contributed by atoms with van der Waals surface area (Å²) in [6.07, 6.45) is 0. The molecule has 0 aliphatic heterocycles. The molecule has 0 spiro atoms. The van der Waals surface area contributed by atoms with Crippen molar-refractivity contribution in [2.24, 2.45) is 7.05 Å². The molecule has 1 aromatic carbocycles. The molecule has 0 fully saturated rings. The van der Waals surface area contributed by atoms with Crippen molar-refractivity contribution in [3.8, 4) is 17.7 Å². The molecule has 0 N–H and O–H groups in total. The summed E-state index contributed by atoms with van der Waals surface area (Å²) in [6, 6.07) is 4.19. The Hall–Kier alpha value is -1.94. The highest BCUT2D eigenvalue weighted by atomic mass is 79.9. The van der Waals surface area contributed by atoms with E-state index < -0.39 is 11.6 Å². The normalized spacial score (nSPS) is 10.3. The molecule has 1 aromatic heterocycles. The van der Waals surface area contributed by atoms with Crippen LogP contribution < -0.4 is 4.74 Å². The van der Waals surface area contributed by atoms with Crippen LogP contribution in [0.25, 0.3) is 0 Å². The molecule has 0 unspecified atom stereocenters. The van der Waals surface area contributed by atoms with Crippen molar-refractivity contribution < 1.29 is 13.5 Å². The van der Waals surface area contributed by atoms with Gasteiger partial charge in [-0.3, -0.25) is 0 Å².